The Kier molecular flexibility index (Phi) is 3.14. The maximum Gasteiger partial charge on any atom is 0.151 e. The van der Waals surface area contributed by atoms with Gasteiger partial charge >= 0.3 is 0 Å². The first kappa shape index (κ1) is 11.0. The number of rotatable bonds is 2. The van der Waals surface area contributed by atoms with Crippen molar-refractivity contribution in [2.24, 2.45) is 5.10 Å². The van der Waals surface area contributed by atoms with Crippen LogP contribution in [0.2, 0.25) is 0 Å². The van der Waals surface area contributed by atoms with Crippen LogP contribution in [0.1, 0.15) is 17.2 Å². The molecule has 0 aliphatic carbocycles. The van der Waals surface area contributed by atoms with Gasteiger partial charge in [-0.1, -0.05) is 28.1 Å². The summed E-state index contributed by atoms with van der Waals surface area (Å²) >= 11 is 3.42. The van der Waals surface area contributed by atoms with Gasteiger partial charge in [-0.2, -0.15) is 5.10 Å². The Balaban J connectivity index is 2.28. The lowest BCUT2D eigenvalue weighted by Crippen LogP contribution is -1.96. The highest BCUT2D eigenvalue weighted by atomic mass is 79.9. The average Bonchev–Trinajstić information content (AvgIpc) is 2.56. The summed E-state index contributed by atoms with van der Waals surface area (Å²) in [4.78, 5) is 0. The van der Waals surface area contributed by atoms with E-state index in [9.17, 15) is 0 Å². The molecule has 1 aromatic carbocycles. The third-order valence-corrected chi connectivity index (χ3v) is 2.62. The van der Waals surface area contributed by atoms with Gasteiger partial charge in [0.2, 0.25) is 0 Å². The van der Waals surface area contributed by atoms with E-state index >= 15 is 0 Å². The molecule has 1 aromatic heterocycles. The molecule has 0 aliphatic heterocycles. The minimum Gasteiger partial charge on any atom is -0.202 e. The normalized spacial score (nSPS) is 11.2. The van der Waals surface area contributed by atoms with Crippen LogP contribution in [-0.2, 0) is 0 Å². The minimum atomic E-state index is 0.781. The van der Waals surface area contributed by atoms with Crippen LogP contribution >= 0.6 is 15.9 Å². The van der Waals surface area contributed by atoms with Crippen molar-refractivity contribution in [2.75, 3.05) is 0 Å². The second-order valence-corrected chi connectivity index (χ2v) is 4.32. The largest absolute Gasteiger partial charge is 0.202 e. The lowest BCUT2D eigenvalue weighted by molar-refractivity contribution is 0.799. The summed E-state index contributed by atoms with van der Waals surface area (Å²) in [6.45, 7) is 3.75. The van der Waals surface area contributed by atoms with Crippen molar-refractivity contribution in [3.05, 3.63) is 46.0 Å². The Bertz CT molecular complexity index is 511. The molecule has 2 aromatic rings. The van der Waals surface area contributed by atoms with E-state index < -0.39 is 0 Å². The number of aromatic nitrogens is 3. The van der Waals surface area contributed by atoms with Crippen molar-refractivity contribution >= 4 is 22.1 Å². The van der Waals surface area contributed by atoms with Crippen molar-refractivity contribution in [3.8, 4) is 0 Å². The van der Waals surface area contributed by atoms with Gasteiger partial charge in [-0.25, -0.2) is 4.68 Å². The summed E-state index contributed by atoms with van der Waals surface area (Å²) in [7, 11) is 0. The highest BCUT2D eigenvalue weighted by Crippen LogP contribution is 2.10. The fourth-order valence-electron chi connectivity index (χ4n) is 1.34. The van der Waals surface area contributed by atoms with Crippen LogP contribution < -0.4 is 0 Å². The van der Waals surface area contributed by atoms with E-state index in [0.29, 0.717) is 0 Å². The number of hydrogen-bond acceptors (Lipinski definition) is 3. The smallest absolute Gasteiger partial charge is 0.151 e. The molecule has 0 fully saturated rings. The van der Waals surface area contributed by atoms with Crippen LogP contribution in [0.15, 0.2) is 33.8 Å². The van der Waals surface area contributed by atoms with E-state index in [0.717, 1.165) is 21.7 Å². The lowest BCUT2D eigenvalue weighted by atomic mass is 10.2. The molecule has 16 heavy (non-hydrogen) atoms. The molecule has 0 N–H and O–H groups in total. The maximum absolute atomic E-state index is 4.32. The second-order valence-electron chi connectivity index (χ2n) is 3.41. The fourth-order valence-corrected chi connectivity index (χ4v) is 1.76. The highest BCUT2D eigenvalue weighted by molar-refractivity contribution is 9.10. The highest BCUT2D eigenvalue weighted by Gasteiger charge is 2.00. The summed E-state index contributed by atoms with van der Waals surface area (Å²) in [5.41, 5.74) is 1.03. The van der Waals surface area contributed by atoms with E-state index in [4.69, 9.17) is 0 Å². The zero-order chi connectivity index (χ0) is 11.5. The van der Waals surface area contributed by atoms with Crippen LogP contribution in [0.25, 0.3) is 0 Å². The molecule has 2 rings (SSSR count). The van der Waals surface area contributed by atoms with Crippen molar-refractivity contribution in [1.82, 2.24) is 14.9 Å². The monoisotopic (exact) mass is 278 g/mol. The molecule has 82 valence electrons. The Labute approximate surface area is 102 Å². The van der Waals surface area contributed by atoms with Gasteiger partial charge in [-0.05, 0) is 31.5 Å². The maximum atomic E-state index is 4.32. The van der Waals surface area contributed by atoms with Crippen LogP contribution in [-0.4, -0.2) is 21.1 Å². The molecule has 0 atom stereocenters. The van der Waals surface area contributed by atoms with Crippen molar-refractivity contribution in [2.45, 2.75) is 13.8 Å². The first-order valence-corrected chi connectivity index (χ1v) is 5.64. The van der Waals surface area contributed by atoms with E-state index in [1.54, 1.807) is 10.9 Å². The van der Waals surface area contributed by atoms with E-state index in [1.165, 1.54) is 0 Å². The molecule has 5 heteroatoms. The van der Waals surface area contributed by atoms with Gasteiger partial charge < -0.3 is 0 Å². The second kappa shape index (κ2) is 4.57. The summed E-state index contributed by atoms with van der Waals surface area (Å²) < 4.78 is 2.75. The predicted molar refractivity (Wildman–Crippen MR) is 66.6 cm³/mol. The van der Waals surface area contributed by atoms with Gasteiger partial charge in [-0.3, -0.25) is 0 Å². The van der Waals surface area contributed by atoms with Gasteiger partial charge in [0.25, 0.3) is 0 Å². The number of nitrogens with zero attached hydrogens (tertiary/aromatic N) is 4. The summed E-state index contributed by atoms with van der Waals surface area (Å²) in [5, 5.41) is 12.2. The van der Waals surface area contributed by atoms with Gasteiger partial charge in [0.1, 0.15) is 0 Å². The predicted octanol–water partition coefficient (Wildman–Crippen LogP) is 2.54. The SMILES string of the molecule is Cc1nnc(C)n1/N=C/c1cccc(Br)c1. The topological polar surface area (TPSA) is 43.1 Å². The van der Waals surface area contributed by atoms with Gasteiger partial charge in [0, 0.05) is 4.47 Å². The molecule has 0 radical (unpaired) electrons. The number of benzene rings is 1. The minimum absolute atomic E-state index is 0.781. The molecule has 0 saturated heterocycles. The van der Waals surface area contributed by atoms with Gasteiger partial charge in [0.05, 0.1) is 6.21 Å². The zero-order valence-electron chi connectivity index (χ0n) is 9.05. The quantitative estimate of drug-likeness (QED) is 0.793. The Hall–Kier alpha value is -1.49. The Morgan fingerprint density at radius 1 is 1.25 bits per heavy atom. The number of halogens is 1. The standard InChI is InChI=1S/C11H11BrN4/c1-8-14-15-9(2)16(8)13-7-10-4-3-5-11(12)6-10/h3-7H,1-2H3/b13-7+. The lowest BCUT2D eigenvalue weighted by Gasteiger charge is -1.97. The zero-order valence-corrected chi connectivity index (χ0v) is 10.6. The molecule has 0 bridgehead atoms. The molecule has 4 nitrogen and oxygen atoms in total. The van der Waals surface area contributed by atoms with Gasteiger partial charge in [-0.15, -0.1) is 10.2 Å². The van der Waals surface area contributed by atoms with Crippen molar-refractivity contribution < 1.29 is 0 Å². The summed E-state index contributed by atoms with van der Waals surface area (Å²) in [5.74, 6) is 1.56. The fraction of sp³-hybridized carbons (Fsp3) is 0.182. The van der Waals surface area contributed by atoms with Crippen molar-refractivity contribution in [3.63, 3.8) is 0 Å². The van der Waals surface area contributed by atoms with E-state index in [-0.39, 0.29) is 0 Å². The molecule has 0 saturated carbocycles. The summed E-state index contributed by atoms with van der Waals surface area (Å²) in [6.07, 6.45) is 1.79. The third kappa shape index (κ3) is 2.36. The Morgan fingerprint density at radius 3 is 2.56 bits per heavy atom. The molecule has 0 aliphatic rings. The molecular formula is C11H11BrN4. The number of hydrogen-bond donors (Lipinski definition) is 0. The first-order valence-electron chi connectivity index (χ1n) is 4.85. The van der Waals surface area contributed by atoms with Crippen LogP contribution in [0.5, 0.6) is 0 Å². The van der Waals surface area contributed by atoms with Crippen LogP contribution in [0.3, 0.4) is 0 Å². The van der Waals surface area contributed by atoms with Crippen LogP contribution in [0, 0.1) is 13.8 Å². The molecule has 0 amide bonds. The average molecular weight is 279 g/mol. The molecule has 1 heterocycles. The molecular weight excluding hydrogens is 268 g/mol. The molecule has 0 unspecified atom stereocenters. The van der Waals surface area contributed by atoms with E-state index in [2.05, 4.69) is 31.2 Å². The van der Waals surface area contributed by atoms with E-state index in [1.807, 2.05) is 38.1 Å². The number of aryl methyl sites for hydroxylation is 2. The Morgan fingerprint density at radius 2 is 1.94 bits per heavy atom. The first-order chi connectivity index (χ1) is 7.66. The van der Waals surface area contributed by atoms with Gasteiger partial charge in [0.15, 0.2) is 11.6 Å². The summed E-state index contributed by atoms with van der Waals surface area (Å²) in [6, 6.07) is 7.94. The molecule has 0 spiro atoms. The van der Waals surface area contributed by atoms with Crippen molar-refractivity contribution in [1.29, 1.82) is 0 Å². The third-order valence-electron chi connectivity index (χ3n) is 2.12. The van der Waals surface area contributed by atoms with Crippen LogP contribution in [0.4, 0.5) is 0 Å².